The third-order valence-corrected chi connectivity index (χ3v) is 3.48. The molecule has 23 heavy (non-hydrogen) atoms. The lowest BCUT2D eigenvalue weighted by Gasteiger charge is -2.04. The average molecular weight is 315 g/mol. The van der Waals surface area contributed by atoms with E-state index >= 15 is 0 Å². The zero-order valence-electron chi connectivity index (χ0n) is 12.0. The van der Waals surface area contributed by atoms with E-state index in [4.69, 9.17) is 4.74 Å². The van der Waals surface area contributed by atoms with Crippen molar-refractivity contribution in [3.05, 3.63) is 48.0 Å². The average Bonchev–Trinajstić information content (AvgIpc) is 3.07. The molecule has 0 fully saturated rings. The number of halogens is 2. The summed E-state index contributed by atoms with van der Waals surface area (Å²) in [6.07, 6.45) is 0. The number of imidazole rings is 1. The zero-order valence-corrected chi connectivity index (χ0v) is 12.0. The summed E-state index contributed by atoms with van der Waals surface area (Å²) in [5.74, 6) is -0.144. The quantitative estimate of drug-likeness (QED) is 0.609. The number of nitrogens with one attached hydrogen (secondary N) is 2. The van der Waals surface area contributed by atoms with E-state index in [1.807, 2.05) is 6.07 Å². The van der Waals surface area contributed by atoms with Crippen LogP contribution in [-0.2, 0) is 0 Å². The van der Waals surface area contributed by atoms with E-state index < -0.39 is 11.6 Å². The molecule has 0 amide bonds. The Morgan fingerprint density at radius 2 is 1.91 bits per heavy atom. The molecule has 2 heterocycles. The molecular weight excluding hydrogens is 304 g/mol. The van der Waals surface area contributed by atoms with Gasteiger partial charge in [0, 0.05) is 6.07 Å². The van der Waals surface area contributed by atoms with Crippen LogP contribution in [0.1, 0.15) is 0 Å². The summed E-state index contributed by atoms with van der Waals surface area (Å²) >= 11 is 0. The number of hydrogen-bond acceptors (Lipinski definition) is 4. The van der Waals surface area contributed by atoms with Gasteiger partial charge in [-0.2, -0.15) is 4.98 Å². The number of aromatic amines is 1. The van der Waals surface area contributed by atoms with Crippen molar-refractivity contribution in [2.45, 2.75) is 0 Å². The highest BCUT2D eigenvalue weighted by Gasteiger charge is 2.13. The topological polar surface area (TPSA) is 67.2 Å². The van der Waals surface area contributed by atoms with Gasteiger partial charge in [-0.15, -0.1) is 0 Å². The highest BCUT2D eigenvalue weighted by atomic mass is 19.1. The lowest BCUT2D eigenvalue weighted by molar-refractivity contribution is 0.415. The summed E-state index contributed by atoms with van der Waals surface area (Å²) in [7, 11) is 1.58. The van der Waals surface area contributed by atoms with Crippen LogP contribution in [0.15, 0.2) is 36.4 Å². The molecule has 6 nitrogen and oxygen atoms in total. The molecule has 0 unspecified atom stereocenters. The van der Waals surface area contributed by atoms with Crippen LogP contribution in [0.2, 0.25) is 0 Å². The Morgan fingerprint density at radius 1 is 1.13 bits per heavy atom. The number of rotatable bonds is 3. The van der Waals surface area contributed by atoms with Gasteiger partial charge < -0.3 is 10.1 Å². The van der Waals surface area contributed by atoms with Crippen LogP contribution in [0.3, 0.4) is 0 Å². The maximum absolute atomic E-state index is 13.7. The summed E-state index contributed by atoms with van der Waals surface area (Å²) in [4.78, 5) is 8.54. The number of H-pyrrole nitrogens is 1. The van der Waals surface area contributed by atoms with Gasteiger partial charge in [-0.1, -0.05) is 6.07 Å². The Morgan fingerprint density at radius 3 is 2.65 bits per heavy atom. The van der Waals surface area contributed by atoms with Gasteiger partial charge in [-0.25, -0.2) is 18.3 Å². The van der Waals surface area contributed by atoms with Gasteiger partial charge in [0.15, 0.2) is 0 Å². The molecule has 0 saturated carbocycles. The molecule has 0 atom stereocenters. The van der Waals surface area contributed by atoms with Gasteiger partial charge in [0.05, 0.1) is 18.1 Å². The van der Waals surface area contributed by atoms with Gasteiger partial charge in [0.1, 0.15) is 23.1 Å². The van der Waals surface area contributed by atoms with E-state index in [1.165, 1.54) is 18.2 Å². The van der Waals surface area contributed by atoms with Crippen molar-refractivity contribution in [2.24, 2.45) is 0 Å². The van der Waals surface area contributed by atoms with Crippen LogP contribution < -0.4 is 10.1 Å². The van der Waals surface area contributed by atoms with Crippen LogP contribution in [-0.4, -0.2) is 26.7 Å². The van der Waals surface area contributed by atoms with Gasteiger partial charge >= 0.3 is 0 Å². The summed E-state index contributed by atoms with van der Waals surface area (Å²) in [6.45, 7) is 0. The number of methoxy groups -OCH3 is 1. The van der Waals surface area contributed by atoms with E-state index in [2.05, 4.69) is 20.4 Å². The Bertz CT molecular complexity index is 1000. The highest BCUT2D eigenvalue weighted by molar-refractivity contribution is 5.81. The fraction of sp³-hybridized carbons (Fsp3) is 0.0667. The van der Waals surface area contributed by atoms with E-state index in [0.717, 1.165) is 5.52 Å². The lowest BCUT2D eigenvalue weighted by Crippen LogP contribution is -1.99. The number of hydrogen-bond donors (Lipinski definition) is 2. The second kappa shape index (κ2) is 4.94. The molecule has 0 saturated heterocycles. The number of anilines is 2. The number of ether oxygens (including phenoxy) is 1. The maximum Gasteiger partial charge on any atom is 0.253 e. The summed E-state index contributed by atoms with van der Waals surface area (Å²) in [5, 5.41) is 5.52. The second-order valence-corrected chi connectivity index (χ2v) is 4.90. The summed E-state index contributed by atoms with van der Waals surface area (Å²) in [6, 6.07) is 9.02. The minimum absolute atomic E-state index is 0.189. The van der Waals surface area contributed by atoms with E-state index in [-0.39, 0.29) is 11.6 Å². The van der Waals surface area contributed by atoms with Crippen molar-refractivity contribution in [2.75, 3.05) is 12.4 Å². The number of nitrogens with zero attached hydrogens (tertiary/aromatic N) is 3. The molecule has 0 aliphatic rings. The first-order chi connectivity index (χ1) is 11.2. The molecule has 8 heteroatoms. The predicted molar refractivity (Wildman–Crippen MR) is 81.0 cm³/mol. The molecule has 2 N–H and O–H groups in total. The molecule has 4 rings (SSSR count). The number of fused-ring (bicyclic) bond motifs is 3. The predicted octanol–water partition coefficient (Wildman–Crippen LogP) is 3.24. The number of benzene rings is 2. The molecule has 0 bridgehead atoms. The van der Waals surface area contributed by atoms with Gasteiger partial charge in [0.25, 0.3) is 5.78 Å². The van der Waals surface area contributed by atoms with Crippen molar-refractivity contribution in [3.8, 4) is 5.75 Å². The lowest BCUT2D eigenvalue weighted by atomic mass is 10.3. The van der Waals surface area contributed by atoms with Crippen molar-refractivity contribution in [1.29, 1.82) is 0 Å². The highest BCUT2D eigenvalue weighted by Crippen LogP contribution is 2.24. The van der Waals surface area contributed by atoms with Gasteiger partial charge in [0.2, 0.25) is 5.95 Å². The van der Waals surface area contributed by atoms with Crippen LogP contribution in [0.25, 0.3) is 16.8 Å². The molecule has 0 radical (unpaired) electrons. The molecule has 116 valence electrons. The maximum atomic E-state index is 13.7. The van der Waals surface area contributed by atoms with Crippen molar-refractivity contribution in [3.63, 3.8) is 0 Å². The van der Waals surface area contributed by atoms with E-state index in [9.17, 15) is 8.78 Å². The normalized spacial score (nSPS) is 11.3. The van der Waals surface area contributed by atoms with Crippen LogP contribution >= 0.6 is 0 Å². The van der Waals surface area contributed by atoms with E-state index in [0.29, 0.717) is 17.0 Å². The Labute approximate surface area is 128 Å². The molecule has 2 aromatic carbocycles. The fourth-order valence-corrected chi connectivity index (χ4v) is 2.38. The first-order valence-electron chi connectivity index (χ1n) is 6.79. The van der Waals surface area contributed by atoms with E-state index in [1.54, 1.807) is 23.8 Å². The third-order valence-electron chi connectivity index (χ3n) is 3.48. The summed E-state index contributed by atoms with van der Waals surface area (Å²) < 4.78 is 34.1. The fourth-order valence-electron chi connectivity index (χ4n) is 2.38. The first kappa shape index (κ1) is 13.5. The minimum atomic E-state index is -0.700. The van der Waals surface area contributed by atoms with Crippen LogP contribution in [0.5, 0.6) is 5.75 Å². The Hall–Kier alpha value is -3.16. The molecular formula is C15H11F2N5O. The largest absolute Gasteiger partial charge is 0.497 e. The molecule has 0 aliphatic heterocycles. The number of para-hydroxylation sites is 1. The first-order valence-corrected chi connectivity index (χ1v) is 6.79. The smallest absolute Gasteiger partial charge is 0.253 e. The standard InChI is InChI=1S/C15H11F2N5O/c1-23-8-5-6-12-11(7-8)18-15-20-14(21-22(12)15)19-13-9(16)3-2-4-10(13)17/h2-7H,1H3,(H2,18,19,20,21). The molecule has 2 aromatic heterocycles. The SMILES string of the molecule is COc1ccc2c(c1)nc1nc(Nc3c(F)cccc3F)[nH]n12. The molecule has 4 aromatic rings. The molecule has 0 spiro atoms. The van der Waals surface area contributed by atoms with Crippen molar-refractivity contribution < 1.29 is 13.5 Å². The van der Waals surface area contributed by atoms with Crippen molar-refractivity contribution in [1.82, 2.24) is 19.6 Å². The van der Waals surface area contributed by atoms with Gasteiger partial charge in [-0.3, -0.25) is 5.10 Å². The van der Waals surface area contributed by atoms with Crippen molar-refractivity contribution >= 4 is 28.4 Å². The minimum Gasteiger partial charge on any atom is -0.497 e. The second-order valence-electron chi connectivity index (χ2n) is 4.90. The Balaban J connectivity index is 1.78. The monoisotopic (exact) mass is 315 g/mol. The summed E-state index contributed by atoms with van der Waals surface area (Å²) in [5.41, 5.74) is 1.21. The van der Waals surface area contributed by atoms with Gasteiger partial charge in [-0.05, 0) is 24.3 Å². The number of aromatic nitrogens is 4. The van der Waals surface area contributed by atoms with Crippen LogP contribution in [0.4, 0.5) is 20.4 Å². The van der Waals surface area contributed by atoms with Crippen LogP contribution in [0, 0.1) is 11.6 Å². The third kappa shape index (κ3) is 2.15. The zero-order chi connectivity index (χ0) is 16.0. The molecule has 0 aliphatic carbocycles. The Kier molecular flexibility index (Phi) is 2.90.